The van der Waals surface area contributed by atoms with Crippen LogP contribution in [0.25, 0.3) is 0 Å². The van der Waals surface area contributed by atoms with Gasteiger partial charge in [-0.05, 0) is 31.6 Å². The minimum absolute atomic E-state index is 0.471. The Labute approximate surface area is 134 Å². The van der Waals surface area contributed by atoms with Crippen LogP contribution >= 0.6 is 0 Å². The number of hydrogen-bond acceptors (Lipinski definition) is 2. The number of rotatable bonds is 9. The molecule has 2 unspecified atom stereocenters. The lowest BCUT2D eigenvalue weighted by molar-refractivity contribution is -0.182. The summed E-state index contributed by atoms with van der Waals surface area (Å²) < 4.78 is 0. The first kappa shape index (κ1) is 19.0. The number of unbranched alkanes of at least 4 members (excludes halogenated alkanes) is 1. The molecule has 1 fully saturated rings. The van der Waals surface area contributed by atoms with E-state index in [1.54, 1.807) is 0 Å². The molecule has 0 aromatic rings. The standard InChI is InChI=1S/C18H32O4/c1-4-10-17(15(19)20)12-7-8-13-18(17,16(21)22)11-6-5-9-14(2)3/h14H,4-13H2,1-3H3,(H,19,20)(H,21,22). The molecule has 2 atom stereocenters. The van der Waals surface area contributed by atoms with Crippen molar-refractivity contribution in [3.8, 4) is 0 Å². The van der Waals surface area contributed by atoms with Crippen molar-refractivity contribution in [2.24, 2.45) is 16.7 Å². The zero-order valence-corrected chi connectivity index (χ0v) is 14.4. The first-order chi connectivity index (χ1) is 10.3. The highest BCUT2D eigenvalue weighted by molar-refractivity contribution is 5.87. The van der Waals surface area contributed by atoms with Gasteiger partial charge in [0.2, 0.25) is 0 Å². The van der Waals surface area contributed by atoms with E-state index in [9.17, 15) is 19.8 Å². The van der Waals surface area contributed by atoms with Crippen molar-refractivity contribution in [3.63, 3.8) is 0 Å². The summed E-state index contributed by atoms with van der Waals surface area (Å²) in [5.74, 6) is -1.19. The Morgan fingerprint density at radius 3 is 1.86 bits per heavy atom. The molecule has 1 rings (SSSR count). The van der Waals surface area contributed by atoms with Crippen LogP contribution in [0, 0.1) is 16.7 Å². The van der Waals surface area contributed by atoms with Crippen LogP contribution in [0.2, 0.25) is 0 Å². The monoisotopic (exact) mass is 312 g/mol. The Hall–Kier alpha value is -1.06. The molecule has 2 N–H and O–H groups in total. The third-order valence-electron chi connectivity index (χ3n) is 5.50. The van der Waals surface area contributed by atoms with E-state index in [1.165, 1.54) is 0 Å². The van der Waals surface area contributed by atoms with E-state index < -0.39 is 22.8 Å². The van der Waals surface area contributed by atoms with E-state index in [1.807, 2.05) is 6.92 Å². The van der Waals surface area contributed by atoms with Crippen LogP contribution in [0.5, 0.6) is 0 Å². The molecule has 0 aromatic carbocycles. The lowest BCUT2D eigenvalue weighted by Crippen LogP contribution is -2.54. The predicted octanol–water partition coefficient (Wildman–Crippen LogP) is 4.72. The number of aliphatic carboxylic acids is 2. The molecule has 0 radical (unpaired) electrons. The maximum absolute atomic E-state index is 12.1. The normalized spacial score (nSPS) is 28.7. The van der Waals surface area contributed by atoms with Crippen LogP contribution in [0.4, 0.5) is 0 Å². The smallest absolute Gasteiger partial charge is 0.310 e. The maximum atomic E-state index is 12.1. The maximum Gasteiger partial charge on any atom is 0.310 e. The molecule has 1 saturated carbocycles. The van der Waals surface area contributed by atoms with Crippen molar-refractivity contribution in [2.75, 3.05) is 0 Å². The van der Waals surface area contributed by atoms with Crippen molar-refractivity contribution >= 4 is 11.9 Å². The van der Waals surface area contributed by atoms with E-state index in [2.05, 4.69) is 13.8 Å². The fourth-order valence-electron chi connectivity index (χ4n) is 4.30. The average Bonchev–Trinajstić information content (AvgIpc) is 2.44. The molecule has 0 amide bonds. The Balaban J connectivity index is 3.03. The van der Waals surface area contributed by atoms with E-state index in [0.717, 1.165) is 32.1 Å². The van der Waals surface area contributed by atoms with Gasteiger partial charge in [-0.2, -0.15) is 0 Å². The summed E-state index contributed by atoms with van der Waals surface area (Å²) in [6, 6.07) is 0. The molecule has 0 heterocycles. The highest BCUT2D eigenvalue weighted by atomic mass is 16.4. The summed E-state index contributed by atoms with van der Waals surface area (Å²) in [7, 11) is 0. The lowest BCUT2D eigenvalue weighted by Gasteiger charge is -2.48. The third-order valence-corrected chi connectivity index (χ3v) is 5.50. The van der Waals surface area contributed by atoms with Gasteiger partial charge in [0.15, 0.2) is 0 Å². The van der Waals surface area contributed by atoms with Gasteiger partial charge in [0.05, 0.1) is 10.8 Å². The average molecular weight is 312 g/mol. The van der Waals surface area contributed by atoms with E-state index >= 15 is 0 Å². The molecule has 4 heteroatoms. The summed E-state index contributed by atoms with van der Waals surface area (Å²) in [4.78, 5) is 24.2. The van der Waals surface area contributed by atoms with Crippen LogP contribution < -0.4 is 0 Å². The molecular weight excluding hydrogens is 280 g/mol. The first-order valence-corrected chi connectivity index (χ1v) is 8.79. The Morgan fingerprint density at radius 2 is 1.45 bits per heavy atom. The van der Waals surface area contributed by atoms with Gasteiger partial charge in [0, 0.05) is 0 Å². The zero-order chi connectivity index (χ0) is 16.8. The van der Waals surface area contributed by atoms with Gasteiger partial charge in [-0.3, -0.25) is 9.59 Å². The van der Waals surface area contributed by atoms with Crippen molar-refractivity contribution < 1.29 is 19.8 Å². The van der Waals surface area contributed by atoms with Crippen LogP contribution in [-0.2, 0) is 9.59 Å². The van der Waals surface area contributed by atoms with Crippen LogP contribution in [0.3, 0.4) is 0 Å². The predicted molar refractivity (Wildman–Crippen MR) is 86.8 cm³/mol. The minimum atomic E-state index is -1.08. The second-order valence-electron chi connectivity index (χ2n) is 7.37. The van der Waals surface area contributed by atoms with Gasteiger partial charge in [0.25, 0.3) is 0 Å². The molecule has 1 aliphatic carbocycles. The summed E-state index contributed by atoms with van der Waals surface area (Å²) in [5, 5.41) is 19.8. The first-order valence-electron chi connectivity index (χ1n) is 8.79. The van der Waals surface area contributed by atoms with Gasteiger partial charge in [-0.15, -0.1) is 0 Å². The number of carboxylic acid groups (broad SMARTS) is 2. The van der Waals surface area contributed by atoms with Crippen molar-refractivity contribution in [2.45, 2.75) is 85.0 Å². The van der Waals surface area contributed by atoms with Gasteiger partial charge in [-0.1, -0.05) is 59.3 Å². The summed E-state index contributed by atoms with van der Waals surface area (Å²) in [5.41, 5.74) is -2.16. The van der Waals surface area contributed by atoms with Crippen LogP contribution in [0.15, 0.2) is 0 Å². The Morgan fingerprint density at radius 1 is 0.955 bits per heavy atom. The molecule has 1 aliphatic rings. The number of carbonyl (C=O) groups is 2. The Kier molecular flexibility index (Phi) is 6.89. The second-order valence-corrected chi connectivity index (χ2v) is 7.37. The number of hydrogen-bond donors (Lipinski definition) is 2. The molecule has 0 aromatic heterocycles. The third kappa shape index (κ3) is 3.64. The SMILES string of the molecule is CCCC1(C(=O)O)CCCCC1(CCCCC(C)C)C(=O)O. The quantitative estimate of drug-likeness (QED) is 0.604. The van der Waals surface area contributed by atoms with Crippen molar-refractivity contribution in [1.29, 1.82) is 0 Å². The fourth-order valence-corrected chi connectivity index (χ4v) is 4.30. The van der Waals surface area contributed by atoms with Gasteiger partial charge >= 0.3 is 11.9 Å². The Bertz CT molecular complexity index is 387. The second kappa shape index (κ2) is 7.98. The van der Waals surface area contributed by atoms with E-state index in [4.69, 9.17) is 0 Å². The molecule has 0 spiro atoms. The molecular formula is C18H32O4. The number of carboxylic acids is 2. The minimum Gasteiger partial charge on any atom is -0.481 e. The topological polar surface area (TPSA) is 74.6 Å². The molecule has 0 aliphatic heterocycles. The van der Waals surface area contributed by atoms with E-state index in [-0.39, 0.29) is 0 Å². The lowest BCUT2D eigenvalue weighted by atomic mass is 9.52. The molecule has 0 bridgehead atoms. The highest BCUT2D eigenvalue weighted by Gasteiger charge is 2.60. The largest absolute Gasteiger partial charge is 0.481 e. The van der Waals surface area contributed by atoms with Crippen LogP contribution in [0.1, 0.15) is 85.0 Å². The fraction of sp³-hybridized carbons (Fsp3) is 0.889. The van der Waals surface area contributed by atoms with Crippen LogP contribution in [-0.4, -0.2) is 22.2 Å². The molecule has 0 saturated heterocycles. The molecule has 22 heavy (non-hydrogen) atoms. The molecule has 4 nitrogen and oxygen atoms in total. The summed E-state index contributed by atoms with van der Waals surface area (Å²) >= 11 is 0. The van der Waals surface area contributed by atoms with Gasteiger partial charge in [-0.25, -0.2) is 0 Å². The van der Waals surface area contributed by atoms with Crippen molar-refractivity contribution in [1.82, 2.24) is 0 Å². The van der Waals surface area contributed by atoms with E-state index in [0.29, 0.717) is 38.0 Å². The van der Waals surface area contributed by atoms with Crippen molar-refractivity contribution in [3.05, 3.63) is 0 Å². The summed E-state index contributed by atoms with van der Waals surface area (Å²) in [6.07, 6.45) is 7.22. The van der Waals surface area contributed by atoms with Gasteiger partial charge < -0.3 is 10.2 Å². The molecule has 128 valence electrons. The highest BCUT2D eigenvalue weighted by Crippen LogP contribution is 2.56. The zero-order valence-electron chi connectivity index (χ0n) is 14.4. The summed E-state index contributed by atoms with van der Waals surface area (Å²) in [6.45, 7) is 6.27. The van der Waals surface area contributed by atoms with Gasteiger partial charge in [0.1, 0.15) is 0 Å².